The summed E-state index contributed by atoms with van der Waals surface area (Å²) in [5.41, 5.74) is 2.33. The molecule has 0 atom stereocenters. The van der Waals surface area contributed by atoms with E-state index >= 15 is 0 Å². The molecule has 2 aromatic rings. The highest BCUT2D eigenvalue weighted by molar-refractivity contribution is 5.92. The van der Waals surface area contributed by atoms with E-state index in [1.165, 1.54) is 0 Å². The molecular weight excluding hydrogens is 316 g/mol. The van der Waals surface area contributed by atoms with Crippen molar-refractivity contribution in [3.8, 4) is 0 Å². The van der Waals surface area contributed by atoms with Crippen LogP contribution in [0.5, 0.6) is 0 Å². The number of rotatable bonds is 8. The minimum Gasteiger partial charge on any atom is -0.378 e. The molecule has 1 aromatic carbocycles. The van der Waals surface area contributed by atoms with Crippen LogP contribution in [0.25, 0.3) is 0 Å². The van der Waals surface area contributed by atoms with Crippen LogP contribution in [0.1, 0.15) is 16.9 Å². The molecular formula is C18H26N6O. The van der Waals surface area contributed by atoms with Gasteiger partial charge in [0.25, 0.3) is 5.91 Å². The van der Waals surface area contributed by atoms with E-state index in [-0.39, 0.29) is 5.91 Å². The lowest BCUT2D eigenvalue weighted by molar-refractivity contribution is 0.0947. The van der Waals surface area contributed by atoms with Crippen LogP contribution < -0.4 is 15.5 Å². The lowest BCUT2D eigenvalue weighted by atomic mass is 10.2. The van der Waals surface area contributed by atoms with E-state index in [9.17, 15) is 4.79 Å². The quantitative estimate of drug-likeness (QED) is 0.715. The van der Waals surface area contributed by atoms with Gasteiger partial charge >= 0.3 is 0 Å². The largest absolute Gasteiger partial charge is 0.378 e. The van der Waals surface area contributed by atoms with Gasteiger partial charge in [-0.2, -0.15) is 0 Å². The standard InChI is InChI=1S/C18H26N6O/c1-23(2)13-5-11-19-17(25)16-10-12-20-18(22-16)21-14-6-8-15(9-7-14)24(3)4/h6-10,12H,5,11,13H2,1-4H3,(H,19,25)(H,20,21,22). The first-order valence-electron chi connectivity index (χ1n) is 8.26. The number of nitrogens with one attached hydrogen (secondary N) is 2. The van der Waals surface area contributed by atoms with E-state index in [4.69, 9.17) is 0 Å². The van der Waals surface area contributed by atoms with Gasteiger partial charge in [0, 0.05) is 38.2 Å². The van der Waals surface area contributed by atoms with Crippen molar-refractivity contribution >= 4 is 23.2 Å². The van der Waals surface area contributed by atoms with Crippen LogP contribution in [-0.2, 0) is 0 Å². The zero-order chi connectivity index (χ0) is 18.2. The van der Waals surface area contributed by atoms with Crippen molar-refractivity contribution < 1.29 is 4.79 Å². The van der Waals surface area contributed by atoms with E-state index in [1.807, 2.05) is 57.4 Å². The lowest BCUT2D eigenvalue weighted by Crippen LogP contribution is -2.28. The average Bonchev–Trinajstić information content (AvgIpc) is 2.59. The van der Waals surface area contributed by atoms with E-state index in [1.54, 1.807) is 12.3 Å². The molecule has 25 heavy (non-hydrogen) atoms. The number of hydrogen-bond donors (Lipinski definition) is 2. The first kappa shape index (κ1) is 18.7. The molecule has 0 saturated carbocycles. The van der Waals surface area contributed by atoms with Gasteiger partial charge in [0.2, 0.25) is 5.95 Å². The zero-order valence-electron chi connectivity index (χ0n) is 15.3. The van der Waals surface area contributed by atoms with E-state index in [2.05, 4.69) is 25.5 Å². The molecule has 0 bridgehead atoms. The first-order chi connectivity index (χ1) is 12.0. The Morgan fingerprint density at radius 2 is 1.80 bits per heavy atom. The lowest BCUT2D eigenvalue weighted by Gasteiger charge is -2.13. The van der Waals surface area contributed by atoms with Gasteiger partial charge in [-0.3, -0.25) is 4.79 Å². The van der Waals surface area contributed by atoms with Crippen molar-refractivity contribution in [3.05, 3.63) is 42.2 Å². The van der Waals surface area contributed by atoms with Gasteiger partial charge in [-0.25, -0.2) is 9.97 Å². The highest BCUT2D eigenvalue weighted by atomic mass is 16.1. The molecule has 0 fully saturated rings. The average molecular weight is 342 g/mol. The molecule has 0 aliphatic heterocycles. The Labute approximate surface area is 149 Å². The van der Waals surface area contributed by atoms with Crippen LogP contribution in [0.4, 0.5) is 17.3 Å². The number of amides is 1. The molecule has 0 aliphatic carbocycles. The molecule has 0 spiro atoms. The number of nitrogens with zero attached hydrogens (tertiary/aromatic N) is 4. The SMILES string of the molecule is CN(C)CCCNC(=O)c1ccnc(Nc2ccc(N(C)C)cc2)n1. The third kappa shape index (κ3) is 6.04. The Bertz CT molecular complexity index is 684. The molecule has 7 nitrogen and oxygen atoms in total. The summed E-state index contributed by atoms with van der Waals surface area (Å²) in [7, 11) is 8.00. The highest BCUT2D eigenvalue weighted by Gasteiger charge is 2.08. The van der Waals surface area contributed by atoms with Crippen molar-refractivity contribution in [2.75, 3.05) is 51.5 Å². The molecule has 1 heterocycles. The number of hydrogen-bond acceptors (Lipinski definition) is 6. The molecule has 1 amide bonds. The second kappa shape index (κ2) is 8.98. The molecule has 1 aromatic heterocycles. The second-order valence-electron chi connectivity index (χ2n) is 6.24. The first-order valence-corrected chi connectivity index (χ1v) is 8.26. The molecule has 2 rings (SSSR count). The Morgan fingerprint density at radius 3 is 2.44 bits per heavy atom. The van der Waals surface area contributed by atoms with Gasteiger partial charge in [-0.1, -0.05) is 0 Å². The van der Waals surface area contributed by atoms with Crippen molar-refractivity contribution in [1.29, 1.82) is 0 Å². The van der Waals surface area contributed by atoms with Crippen molar-refractivity contribution in [1.82, 2.24) is 20.2 Å². The minimum atomic E-state index is -0.188. The van der Waals surface area contributed by atoms with Gasteiger partial charge in [-0.05, 0) is 57.4 Å². The smallest absolute Gasteiger partial charge is 0.270 e. The molecule has 0 saturated heterocycles. The molecule has 134 valence electrons. The summed E-state index contributed by atoms with van der Waals surface area (Å²) in [4.78, 5) is 24.7. The summed E-state index contributed by atoms with van der Waals surface area (Å²) >= 11 is 0. The minimum absolute atomic E-state index is 0.188. The monoisotopic (exact) mass is 342 g/mol. The van der Waals surface area contributed by atoms with Gasteiger partial charge in [0.15, 0.2) is 0 Å². The molecule has 2 N–H and O–H groups in total. The fourth-order valence-electron chi connectivity index (χ4n) is 2.21. The maximum Gasteiger partial charge on any atom is 0.270 e. The van der Waals surface area contributed by atoms with Gasteiger partial charge in [-0.15, -0.1) is 0 Å². The molecule has 0 radical (unpaired) electrons. The van der Waals surface area contributed by atoms with E-state index < -0.39 is 0 Å². The van der Waals surface area contributed by atoms with Crippen LogP contribution in [0.2, 0.25) is 0 Å². The number of carbonyl (C=O) groups excluding carboxylic acids is 1. The summed E-state index contributed by atoms with van der Waals surface area (Å²) in [5, 5.41) is 6.00. The van der Waals surface area contributed by atoms with Gasteiger partial charge < -0.3 is 20.4 Å². The molecule has 0 unspecified atom stereocenters. The van der Waals surface area contributed by atoms with Crippen molar-refractivity contribution in [2.24, 2.45) is 0 Å². The van der Waals surface area contributed by atoms with E-state index in [0.717, 1.165) is 24.3 Å². The summed E-state index contributed by atoms with van der Waals surface area (Å²) in [6.07, 6.45) is 2.48. The summed E-state index contributed by atoms with van der Waals surface area (Å²) < 4.78 is 0. The molecule has 7 heteroatoms. The highest BCUT2D eigenvalue weighted by Crippen LogP contribution is 2.18. The molecule has 0 aliphatic rings. The van der Waals surface area contributed by atoms with Crippen molar-refractivity contribution in [3.63, 3.8) is 0 Å². The second-order valence-corrected chi connectivity index (χ2v) is 6.24. The number of benzene rings is 1. The summed E-state index contributed by atoms with van der Waals surface area (Å²) in [5.74, 6) is 0.214. The van der Waals surface area contributed by atoms with Crippen molar-refractivity contribution in [2.45, 2.75) is 6.42 Å². The topological polar surface area (TPSA) is 73.4 Å². The number of aromatic nitrogens is 2. The Kier molecular flexibility index (Phi) is 6.71. The van der Waals surface area contributed by atoms with Crippen LogP contribution in [-0.4, -0.2) is 62.1 Å². The normalized spacial score (nSPS) is 10.6. The van der Waals surface area contributed by atoms with E-state index in [0.29, 0.717) is 18.2 Å². The third-order valence-corrected chi connectivity index (χ3v) is 3.60. The fourth-order valence-corrected chi connectivity index (χ4v) is 2.21. The van der Waals surface area contributed by atoms with Crippen LogP contribution >= 0.6 is 0 Å². The maximum absolute atomic E-state index is 12.2. The Morgan fingerprint density at radius 1 is 1.08 bits per heavy atom. The van der Waals surface area contributed by atoms with Crippen LogP contribution in [0, 0.1) is 0 Å². The number of anilines is 3. The Balaban J connectivity index is 1.94. The summed E-state index contributed by atoms with van der Waals surface area (Å²) in [6, 6.07) is 9.52. The predicted octanol–water partition coefficient (Wildman–Crippen LogP) is 1.97. The van der Waals surface area contributed by atoms with Crippen LogP contribution in [0.3, 0.4) is 0 Å². The van der Waals surface area contributed by atoms with Gasteiger partial charge in [0.1, 0.15) is 5.69 Å². The maximum atomic E-state index is 12.2. The fraction of sp³-hybridized carbons (Fsp3) is 0.389. The number of carbonyl (C=O) groups is 1. The summed E-state index contributed by atoms with van der Waals surface area (Å²) in [6.45, 7) is 1.55. The van der Waals surface area contributed by atoms with Crippen LogP contribution in [0.15, 0.2) is 36.5 Å². The zero-order valence-corrected chi connectivity index (χ0v) is 15.3. The Hall–Kier alpha value is -2.67. The van der Waals surface area contributed by atoms with Gasteiger partial charge in [0.05, 0.1) is 0 Å². The predicted molar refractivity (Wildman–Crippen MR) is 102 cm³/mol. The third-order valence-electron chi connectivity index (χ3n) is 3.60.